The van der Waals surface area contributed by atoms with Crippen LogP contribution in [0.25, 0.3) is 0 Å². The number of benzene rings is 1. The lowest BCUT2D eigenvalue weighted by atomic mass is 10.1. The molecule has 2 amide bonds. The zero-order valence-corrected chi connectivity index (χ0v) is 18.0. The summed E-state index contributed by atoms with van der Waals surface area (Å²) in [6.07, 6.45) is 5.63. The lowest BCUT2D eigenvalue weighted by Crippen LogP contribution is -2.51. The van der Waals surface area contributed by atoms with Crippen LogP contribution < -0.4 is 0 Å². The summed E-state index contributed by atoms with van der Waals surface area (Å²) >= 11 is 1.72. The molecule has 0 aliphatic carbocycles. The zero-order valence-electron chi connectivity index (χ0n) is 17.2. The third kappa shape index (κ3) is 5.70. The lowest BCUT2D eigenvalue weighted by Gasteiger charge is -2.34. The number of pyridine rings is 2. The smallest absolute Gasteiger partial charge is 0.253 e. The molecule has 1 fully saturated rings. The van der Waals surface area contributed by atoms with Crippen molar-refractivity contribution in [2.24, 2.45) is 0 Å². The number of hydrogen-bond acceptors (Lipinski definition) is 5. The van der Waals surface area contributed by atoms with Gasteiger partial charge in [0, 0.05) is 66.7 Å². The number of hydrogen-bond donors (Lipinski definition) is 0. The van der Waals surface area contributed by atoms with Crippen LogP contribution in [0.1, 0.15) is 21.6 Å². The fourth-order valence-corrected chi connectivity index (χ4v) is 4.29. The minimum absolute atomic E-state index is 0.0145. The number of carbonyl (C=O) groups excluding carboxylic acids is 2. The van der Waals surface area contributed by atoms with Crippen molar-refractivity contribution in [2.75, 3.05) is 26.2 Å². The largest absolute Gasteiger partial charge is 0.339 e. The molecule has 1 saturated heterocycles. The monoisotopic (exact) mass is 432 g/mol. The molecule has 3 aromatic rings. The number of nitrogens with zero attached hydrogens (tertiary/aromatic N) is 4. The molecule has 0 spiro atoms. The average molecular weight is 433 g/mol. The van der Waals surface area contributed by atoms with Crippen LogP contribution in [0.15, 0.2) is 78.1 Å². The topological polar surface area (TPSA) is 66.4 Å². The molecule has 1 aliphatic rings. The summed E-state index contributed by atoms with van der Waals surface area (Å²) in [4.78, 5) is 38.4. The first kappa shape index (κ1) is 21.1. The molecule has 1 aromatic carbocycles. The number of aromatic nitrogens is 2. The van der Waals surface area contributed by atoms with Crippen molar-refractivity contribution in [3.8, 4) is 0 Å². The van der Waals surface area contributed by atoms with Crippen molar-refractivity contribution in [1.82, 2.24) is 19.8 Å². The van der Waals surface area contributed by atoms with Gasteiger partial charge in [-0.2, -0.15) is 0 Å². The normalized spacial score (nSPS) is 13.8. The van der Waals surface area contributed by atoms with E-state index in [1.165, 1.54) is 5.56 Å². The molecule has 7 heteroatoms. The fraction of sp³-hybridized carbons (Fsp3) is 0.250. The number of rotatable bonds is 6. The van der Waals surface area contributed by atoms with E-state index in [0.29, 0.717) is 38.2 Å². The number of amides is 2. The molecule has 0 unspecified atom stereocenters. The van der Waals surface area contributed by atoms with Crippen molar-refractivity contribution in [3.63, 3.8) is 0 Å². The maximum atomic E-state index is 12.9. The van der Waals surface area contributed by atoms with E-state index in [1.54, 1.807) is 24.2 Å². The first-order chi connectivity index (χ1) is 15.2. The van der Waals surface area contributed by atoms with Crippen LogP contribution >= 0.6 is 11.8 Å². The average Bonchev–Trinajstić information content (AvgIpc) is 2.84. The Morgan fingerprint density at radius 2 is 1.65 bits per heavy atom. The Morgan fingerprint density at radius 3 is 2.32 bits per heavy atom. The summed E-state index contributed by atoms with van der Waals surface area (Å²) in [7, 11) is 0. The van der Waals surface area contributed by atoms with Gasteiger partial charge in [-0.15, -0.1) is 11.8 Å². The highest BCUT2D eigenvalue weighted by atomic mass is 32.2. The third-order valence-corrected chi connectivity index (χ3v) is 6.29. The molecule has 31 heavy (non-hydrogen) atoms. The fourth-order valence-electron chi connectivity index (χ4n) is 3.45. The minimum Gasteiger partial charge on any atom is -0.339 e. The van der Waals surface area contributed by atoms with Crippen molar-refractivity contribution >= 4 is 23.6 Å². The van der Waals surface area contributed by atoms with E-state index in [4.69, 9.17) is 0 Å². The van der Waals surface area contributed by atoms with Crippen LogP contribution in [0, 0.1) is 0 Å². The summed E-state index contributed by atoms with van der Waals surface area (Å²) in [5.41, 5.74) is 2.62. The molecule has 0 N–H and O–H groups in total. The standard InChI is InChI=1S/C24H24N4O2S/c29-23(16-21-5-1-2-11-26-21)27-12-14-28(15-13-27)24(30)20-6-8-22(9-7-20)31-18-19-4-3-10-25-17-19/h1-11,17H,12-16,18H2. The maximum absolute atomic E-state index is 12.9. The van der Waals surface area contributed by atoms with Crippen LogP contribution in [-0.2, 0) is 17.0 Å². The Hall–Kier alpha value is -3.19. The molecule has 1 aliphatic heterocycles. The first-order valence-electron chi connectivity index (χ1n) is 10.3. The predicted molar refractivity (Wildman–Crippen MR) is 121 cm³/mol. The highest BCUT2D eigenvalue weighted by Gasteiger charge is 2.25. The van der Waals surface area contributed by atoms with Crippen LogP contribution in [0.4, 0.5) is 0 Å². The predicted octanol–water partition coefficient (Wildman–Crippen LogP) is 3.30. The Kier molecular flexibility index (Phi) is 6.94. The summed E-state index contributed by atoms with van der Waals surface area (Å²) in [5.74, 6) is 0.914. The second kappa shape index (κ2) is 10.2. The van der Waals surface area contributed by atoms with E-state index in [9.17, 15) is 9.59 Å². The summed E-state index contributed by atoms with van der Waals surface area (Å²) < 4.78 is 0. The van der Waals surface area contributed by atoms with Crippen LogP contribution in [0.3, 0.4) is 0 Å². The SMILES string of the molecule is O=C(Cc1ccccn1)N1CCN(C(=O)c2ccc(SCc3cccnc3)cc2)CC1. The molecule has 3 heterocycles. The maximum Gasteiger partial charge on any atom is 0.253 e. The Morgan fingerprint density at radius 1 is 0.871 bits per heavy atom. The second-order valence-electron chi connectivity index (χ2n) is 7.35. The van der Waals surface area contributed by atoms with Crippen molar-refractivity contribution < 1.29 is 9.59 Å². The van der Waals surface area contributed by atoms with Gasteiger partial charge in [0.1, 0.15) is 0 Å². The van der Waals surface area contributed by atoms with Gasteiger partial charge >= 0.3 is 0 Å². The number of piperazine rings is 1. The minimum atomic E-state index is 0.0145. The van der Waals surface area contributed by atoms with Gasteiger partial charge in [-0.1, -0.05) is 12.1 Å². The second-order valence-corrected chi connectivity index (χ2v) is 8.39. The van der Waals surface area contributed by atoms with Gasteiger partial charge in [-0.3, -0.25) is 19.6 Å². The van der Waals surface area contributed by atoms with Crippen molar-refractivity contribution in [2.45, 2.75) is 17.1 Å². The van der Waals surface area contributed by atoms with Crippen LogP contribution in [0.2, 0.25) is 0 Å². The Bertz CT molecular complexity index is 1000. The Labute approximate surface area is 186 Å². The third-order valence-electron chi connectivity index (χ3n) is 5.21. The van der Waals surface area contributed by atoms with Gasteiger partial charge in [-0.05, 0) is 48.0 Å². The van der Waals surface area contributed by atoms with Crippen LogP contribution in [0.5, 0.6) is 0 Å². The van der Waals surface area contributed by atoms with E-state index in [1.807, 2.05) is 64.5 Å². The molecule has 2 aromatic heterocycles. The highest BCUT2D eigenvalue weighted by Crippen LogP contribution is 2.23. The highest BCUT2D eigenvalue weighted by molar-refractivity contribution is 7.98. The van der Waals surface area contributed by atoms with Gasteiger partial charge in [0.05, 0.1) is 6.42 Å². The molecular weight excluding hydrogens is 408 g/mol. The summed E-state index contributed by atoms with van der Waals surface area (Å²) in [6.45, 7) is 2.20. The van der Waals surface area contributed by atoms with Gasteiger partial charge in [0.15, 0.2) is 0 Å². The van der Waals surface area contributed by atoms with Crippen molar-refractivity contribution in [3.05, 3.63) is 90.0 Å². The molecule has 0 saturated carbocycles. The van der Waals surface area contributed by atoms with Gasteiger partial charge in [0.25, 0.3) is 5.91 Å². The van der Waals surface area contributed by atoms with E-state index in [0.717, 1.165) is 16.3 Å². The van der Waals surface area contributed by atoms with E-state index < -0.39 is 0 Å². The molecule has 0 radical (unpaired) electrons. The first-order valence-corrected chi connectivity index (χ1v) is 11.3. The molecular formula is C24H24N4O2S. The molecule has 0 atom stereocenters. The molecule has 0 bridgehead atoms. The lowest BCUT2D eigenvalue weighted by molar-refractivity contribution is -0.132. The number of carbonyl (C=O) groups is 2. The van der Waals surface area contributed by atoms with E-state index in [-0.39, 0.29) is 11.8 Å². The zero-order chi connectivity index (χ0) is 21.5. The van der Waals surface area contributed by atoms with Gasteiger partial charge < -0.3 is 9.80 Å². The number of thioether (sulfide) groups is 1. The van der Waals surface area contributed by atoms with Gasteiger partial charge in [-0.25, -0.2) is 0 Å². The van der Waals surface area contributed by atoms with E-state index >= 15 is 0 Å². The van der Waals surface area contributed by atoms with Crippen LogP contribution in [-0.4, -0.2) is 57.8 Å². The van der Waals surface area contributed by atoms with Gasteiger partial charge in [0.2, 0.25) is 5.91 Å². The molecule has 158 valence electrons. The summed E-state index contributed by atoms with van der Waals surface area (Å²) in [6, 6.07) is 17.3. The van der Waals surface area contributed by atoms with E-state index in [2.05, 4.69) is 16.0 Å². The molecule has 6 nitrogen and oxygen atoms in total. The molecule has 4 rings (SSSR count). The quantitative estimate of drug-likeness (QED) is 0.559. The summed E-state index contributed by atoms with van der Waals surface area (Å²) in [5, 5.41) is 0. The Balaban J connectivity index is 1.27. The van der Waals surface area contributed by atoms with Crippen molar-refractivity contribution in [1.29, 1.82) is 0 Å².